The van der Waals surface area contributed by atoms with E-state index in [1.165, 1.54) is 0 Å². The van der Waals surface area contributed by atoms with Gasteiger partial charge in [-0.15, -0.1) is 0 Å². The molecule has 7 heteroatoms. The van der Waals surface area contributed by atoms with Gasteiger partial charge < -0.3 is 14.8 Å². The van der Waals surface area contributed by atoms with Gasteiger partial charge in [0.25, 0.3) is 5.91 Å². The van der Waals surface area contributed by atoms with Crippen LogP contribution in [0.5, 0.6) is 0 Å². The lowest BCUT2D eigenvalue weighted by atomic mass is 10.1. The average Bonchev–Trinajstić information content (AvgIpc) is 3.31. The summed E-state index contributed by atoms with van der Waals surface area (Å²) in [7, 11) is 0. The van der Waals surface area contributed by atoms with Gasteiger partial charge in [0.05, 0.1) is 13.2 Å². The van der Waals surface area contributed by atoms with Crippen LogP contribution in [0.4, 0.5) is 0 Å². The Hall–Kier alpha value is -3.09. The first kappa shape index (κ1) is 19.2. The molecule has 2 N–H and O–H groups in total. The van der Waals surface area contributed by atoms with Crippen molar-refractivity contribution < 1.29 is 14.3 Å². The molecule has 148 valence electrons. The van der Waals surface area contributed by atoms with Crippen LogP contribution in [-0.2, 0) is 6.54 Å². The van der Waals surface area contributed by atoms with E-state index in [-0.39, 0.29) is 19.1 Å². The molecule has 0 radical (unpaired) electrons. The molecule has 0 atom stereocenters. The maximum Gasteiger partial charge on any atom is 0.271 e. The predicted octanol–water partition coefficient (Wildman–Crippen LogP) is 4.03. The van der Waals surface area contributed by atoms with Gasteiger partial charge in [0.1, 0.15) is 17.0 Å². The molecule has 2 aromatic carbocycles. The average molecular weight is 410 g/mol. The summed E-state index contributed by atoms with van der Waals surface area (Å²) in [5.41, 5.74) is 3.75. The van der Waals surface area contributed by atoms with Crippen LogP contribution in [0.1, 0.15) is 21.7 Å². The fourth-order valence-corrected chi connectivity index (χ4v) is 3.50. The smallest absolute Gasteiger partial charge is 0.271 e. The molecule has 0 saturated carbocycles. The Labute approximate surface area is 172 Å². The number of carbonyl (C=O) groups excluding carboxylic acids is 1. The second kappa shape index (κ2) is 8.11. The van der Waals surface area contributed by atoms with Crippen LogP contribution in [0.25, 0.3) is 22.3 Å². The highest BCUT2D eigenvalue weighted by atomic mass is 35.5. The van der Waals surface area contributed by atoms with Crippen molar-refractivity contribution in [3.8, 4) is 11.3 Å². The van der Waals surface area contributed by atoms with E-state index in [2.05, 4.69) is 10.4 Å². The minimum atomic E-state index is -0.318. The maximum absolute atomic E-state index is 12.1. The molecule has 29 heavy (non-hydrogen) atoms. The summed E-state index contributed by atoms with van der Waals surface area (Å²) in [5.74, 6) is 0.451. The molecule has 0 bridgehead atoms. The van der Waals surface area contributed by atoms with Gasteiger partial charge in [-0.2, -0.15) is 5.10 Å². The van der Waals surface area contributed by atoms with Crippen molar-refractivity contribution in [3.05, 3.63) is 76.6 Å². The second-order valence-corrected chi connectivity index (χ2v) is 7.20. The SMILES string of the molecule is Cc1cc(C(=O)NCCO)nn1Cc1cc(Cl)cc2cc(-c3ccccc3)oc12. The van der Waals surface area contributed by atoms with Crippen LogP contribution < -0.4 is 5.32 Å². The summed E-state index contributed by atoms with van der Waals surface area (Å²) in [5, 5.41) is 17.4. The molecule has 2 aromatic heterocycles. The number of halogens is 1. The zero-order valence-corrected chi connectivity index (χ0v) is 16.6. The Bertz CT molecular complexity index is 1160. The molecule has 0 saturated heterocycles. The molecule has 0 aliphatic rings. The number of aryl methyl sites for hydroxylation is 1. The van der Waals surface area contributed by atoms with Crippen molar-refractivity contribution >= 4 is 28.5 Å². The van der Waals surface area contributed by atoms with Gasteiger partial charge >= 0.3 is 0 Å². The molecule has 2 heterocycles. The topological polar surface area (TPSA) is 80.3 Å². The third kappa shape index (κ3) is 4.04. The van der Waals surface area contributed by atoms with Gasteiger partial charge in [-0.05, 0) is 31.2 Å². The van der Waals surface area contributed by atoms with Crippen molar-refractivity contribution in [1.82, 2.24) is 15.1 Å². The van der Waals surface area contributed by atoms with Gasteiger partial charge in [-0.3, -0.25) is 9.48 Å². The molecule has 0 unspecified atom stereocenters. The number of hydrogen-bond donors (Lipinski definition) is 2. The Balaban J connectivity index is 1.69. The molecule has 0 aliphatic carbocycles. The summed E-state index contributed by atoms with van der Waals surface area (Å²) < 4.78 is 7.89. The summed E-state index contributed by atoms with van der Waals surface area (Å²) in [6.07, 6.45) is 0. The lowest BCUT2D eigenvalue weighted by molar-refractivity contribution is 0.0939. The van der Waals surface area contributed by atoms with Crippen molar-refractivity contribution in [2.45, 2.75) is 13.5 Å². The maximum atomic E-state index is 12.1. The number of aliphatic hydroxyl groups is 1. The van der Waals surface area contributed by atoms with Gasteiger partial charge in [0.2, 0.25) is 0 Å². The lowest BCUT2D eigenvalue weighted by Crippen LogP contribution is -2.26. The zero-order valence-electron chi connectivity index (χ0n) is 15.9. The van der Waals surface area contributed by atoms with E-state index in [1.807, 2.05) is 55.5 Å². The first-order chi connectivity index (χ1) is 14.0. The summed E-state index contributed by atoms with van der Waals surface area (Å²) in [6.45, 7) is 2.37. The number of carbonyl (C=O) groups is 1. The Morgan fingerprint density at radius 2 is 2.00 bits per heavy atom. The number of nitrogens with zero attached hydrogens (tertiary/aromatic N) is 2. The number of fused-ring (bicyclic) bond motifs is 1. The Morgan fingerprint density at radius 1 is 1.21 bits per heavy atom. The number of amides is 1. The molecule has 1 amide bonds. The molecule has 6 nitrogen and oxygen atoms in total. The van der Waals surface area contributed by atoms with E-state index in [0.717, 1.165) is 33.6 Å². The van der Waals surface area contributed by atoms with E-state index < -0.39 is 0 Å². The third-order valence-corrected chi connectivity index (χ3v) is 4.87. The normalized spacial score (nSPS) is 11.1. The predicted molar refractivity (Wildman–Crippen MR) is 112 cm³/mol. The number of rotatable bonds is 6. The van der Waals surface area contributed by atoms with Gasteiger partial charge in [-0.1, -0.05) is 41.9 Å². The van der Waals surface area contributed by atoms with Crippen molar-refractivity contribution in [2.75, 3.05) is 13.2 Å². The standard InChI is InChI=1S/C22H20ClN3O3/c1-14-9-19(22(28)24-7-8-27)25-26(14)13-17-11-18(23)10-16-12-20(29-21(16)17)15-5-3-2-4-6-15/h2-6,9-12,27H,7-8,13H2,1H3,(H,24,28). The summed E-state index contributed by atoms with van der Waals surface area (Å²) in [4.78, 5) is 12.1. The minimum Gasteiger partial charge on any atom is -0.456 e. The Kier molecular flexibility index (Phi) is 5.38. The van der Waals surface area contributed by atoms with Gasteiger partial charge in [0, 0.05) is 33.8 Å². The number of furan rings is 1. The highest BCUT2D eigenvalue weighted by Crippen LogP contribution is 2.32. The van der Waals surface area contributed by atoms with Gasteiger partial charge in [-0.25, -0.2) is 0 Å². The highest BCUT2D eigenvalue weighted by Gasteiger charge is 2.16. The van der Waals surface area contributed by atoms with Crippen molar-refractivity contribution in [1.29, 1.82) is 0 Å². The molecular formula is C22H20ClN3O3. The van der Waals surface area contributed by atoms with Crippen LogP contribution in [-0.4, -0.2) is 33.9 Å². The molecule has 4 rings (SSSR count). The molecular weight excluding hydrogens is 390 g/mol. The van der Waals surface area contributed by atoms with E-state index in [4.69, 9.17) is 21.1 Å². The fraction of sp³-hybridized carbons (Fsp3) is 0.182. The number of aliphatic hydroxyl groups excluding tert-OH is 1. The van der Waals surface area contributed by atoms with Crippen LogP contribution in [0.15, 0.2) is 59.0 Å². The minimum absolute atomic E-state index is 0.117. The van der Waals surface area contributed by atoms with E-state index in [1.54, 1.807) is 10.7 Å². The molecule has 0 aliphatic heterocycles. The van der Waals surface area contributed by atoms with E-state index in [9.17, 15) is 4.79 Å². The lowest BCUT2D eigenvalue weighted by Gasteiger charge is -2.06. The zero-order chi connectivity index (χ0) is 20.4. The number of hydrogen-bond acceptors (Lipinski definition) is 4. The van der Waals surface area contributed by atoms with Crippen molar-refractivity contribution in [2.24, 2.45) is 0 Å². The van der Waals surface area contributed by atoms with Crippen LogP contribution in [0.2, 0.25) is 5.02 Å². The van der Waals surface area contributed by atoms with Gasteiger partial charge in [0.15, 0.2) is 0 Å². The first-order valence-electron chi connectivity index (χ1n) is 9.26. The van der Waals surface area contributed by atoms with Crippen LogP contribution in [0.3, 0.4) is 0 Å². The van der Waals surface area contributed by atoms with Crippen LogP contribution >= 0.6 is 11.6 Å². The van der Waals surface area contributed by atoms with Crippen LogP contribution in [0, 0.1) is 6.92 Å². The Morgan fingerprint density at radius 3 is 2.76 bits per heavy atom. The second-order valence-electron chi connectivity index (χ2n) is 6.77. The van der Waals surface area contributed by atoms with E-state index >= 15 is 0 Å². The largest absolute Gasteiger partial charge is 0.456 e. The number of aromatic nitrogens is 2. The number of nitrogens with one attached hydrogen (secondary N) is 1. The summed E-state index contributed by atoms with van der Waals surface area (Å²) >= 11 is 6.34. The third-order valence-electron chi connectivity index (χ3n) is 4.65. The monoisotopic (exact) mass is 409 g/mol. The summed E-state index contributed by atoms with van der Waals surface area (Å²) in [6, 6.07) is 17.3. The molecule has 0 spiro atoms. The highest BCUT2D eigenvalue weighted by molar-refractivity contribution is 6.31. The van der Waals surface area contributed by atoms with E-state index in [0.29, 0.717) is 17.3 Å². The first-order valence-corrected chi connectivity index (χ1v) is 9.64. The molecule has 0 fully saturated rings. The molecule has 4 aromatic rings. The number of benzene rings is 2. The van der Waals surface area contributed by atoms with Crippen molar-refractivity contribution in [3.63, 3.8) is 0 Å². The fourth-order valence-electron chi connectivity index (χ4n) is 3.25. The quantitative estimate of drug-likeness (QED) is 0.504.